The zero-order valence-corrected chi connectivity index (χ0v) is 12.9. The van der Waals surface area contributed by atoms with Gasteiger partial charge in [0.1, 0.15) is 0 Å². The first-order valence-electron chi connectivity index (χ1n) is 6.62. The van der Waals surface area contributed by atoms with Crippen LogP contribution >= 0.6 is 23.4 Å². The van der Waals surface area contributed by atoms with E-state index in [1.165, 1.54) is 22.8 Å². The Hall–Kier alpha value is -0.420. The minimum absolute atomic E-state index is 0.739. The molecule has 1 aliphatic rings. The van der Waals surface area contributed by atoms with Gasteiger partial charge in [0.25, 0.3) is 0 Å². The van der Waals surface area contributed by atoms with Crippen LogP contribution in [0, 0.1) is 0 Å². The van der Waals surface area contributed by atoms with E-state index in [2.05, 4.69) is 22.3 Å². The van der Waals surface area contributed by atoms with E-state index >= 15 is 0 Å². The molecule has 2 rings (SSSR count). The number of hydrogen-bond acceptors (Lipinski definition) is 4. The fraction of sp³-hybridized carbons (Fsp3) is 0.571. The number of halogens is 1. The molecule has 1 fully saturated rings. The van der Waals surface area contributed by atoms with Gasteiger partial charge in [-0.2, -0.15) is 11.8 Å². The second kappa shape index (κ2) is 8.00. The van der Waals surface area contributed by atoms with Crippen LogP contribution in [-0.2, 0) is 11.3 Å². The lowest BCUT2D eigenvalue weighted by Gasteiger charge is -2.30. The van der Waals surface area contributed by atoms with Gasteiger partial charge in [0.15, 0.2) is 0 Å². The molecule has 0 aromatic heterocycles. The Kier molecular flexibility index (Phi) is 6.31. The number of methoxy groups -OCH3 is 1. The van der Waals surface area contributed by atoms with Crippen molar-refractivity contribution in [2.75, 3.05) is 49.8 Å². The fourth-order valence-corrected chi connectivity index (χ4v) is 3.25. The smallest absolute Gasteiger partial charge is 0.0587 e. The number of benzene rings is 1. The zero-order chi connectivity index (χ0) is 13.5. The van der Waals surface area contributed by atoms with Gasteiger partial charge in [-0.05, 0) is 17.7 Å². The van der Waals surface area contributed by atoms with Crippen molar-refractivity contribution < 1.29 is 4.74 Å². The third kappa shape index (κ3) is 4.56. The summed E-state index contributed by atoms with van der Waals surface area (Å²) in [7, 11) is 1.72. The molecule has 106 valence electrons. The van der Waals surface area contributed by atoms with Gasteiger partial charge in [0.05, 0.1) is 6.61 Å². The number of hydrogen-bond donors (Lipinski definition) is 1. The lowest BCUT2D eigenvalue weighted by Crippen LogP contribution is -2.33. The number of anilines is 1. The van der Waals surface area contributed by atoms with Gasteiger partial charge in [-0.3, -0.25) is 0 Å². The molecule has 1 aromatic rings. The highest BCUT2D eigenvalue weighted by Gasteiger charge is 2.14. The molecule has 0 saturated carbocycles. The molecule has 1 aromatic carbocycles. The largest absolute Gasteiger partial charge is 0.383 e. The Labute approximate surface area is 124 Å². The Morgan fingerprint density at radius 3 is 2.89 bits per heavy atom. The van der Waals surface area contributed by atoms with Crippen LogP contribution in [0.2, 0.25) is 5.02 Å². The van der Waals surface area contributed by atoms with Crippen LogP contribution < -0.4 is 10.2 Å². The van der Waals surface area contributed by atoms with Crippen LogP contribution in [0.3, 0.4) is 0 Å². The molecule has 0 spiro atoms. The molecule has 0 radical (unpaired) electrons. The predicted molar refractivity (Wildman–Crippen MR) is 84.6 cm³/mol. The van der Waals surface area contributed by atoms with E-state index in [-0.39, 0.29) is 0 Å². The summed E-state index contributed by atoms with van der Waals surface area (Å²) in [5.74, 6) is 2.39. The molecular weight excluding hydrogens is 280 g/mol. The summed E-state index contributed by atoms with van der Waals surface area (Å²) in [5, 5.41) is 4.22. The van der Waals surface area contributed by atoms with Gasteiger partial charge >= 0.3 is 0 Å². The van der Waals surface area contributed by atoms with E-state index in [1.807, 2.05) is 17.8 Å². The summed E-state index contributed by atoms with van der Waals surface area (Å²) >= 11 is 8.17. The van der Waals surface area contributed by atoms with Gasteiger partial charge < -0.3 is 15.0 Å². The maximum Gasteiger partial charge on any atom is 0.0587 e. The molecule has 1 heterocycles. The van der Waals surface area contributed by atoms with Gasteiger partial charge in [-0.25, -0.2) is 0 Å². The summed E-state index contributed by atoms with van der Waals surface area (Å²) in [6.45, 7) is 4.68. The Bertz CT molecular complexity index is 397. The van der Waals surface area contributed by atoms with Crippen molar-refractivity contribution in [2.45, 2.75) is 6.54 Å². The second-order valence-electron chi connectivity index (χ2n) is 4.54. The molecule has 3 nitrogen and oxygen atoms in total. The van der Waals surface area contributed by atoms with Gasteiger partial charge in [-0.1, -0.05) is 17.7 Å². The van der Waals surface area contributed by atoms with Crippen LogP contribution in [0.1, 0.15) is 5.56 Å². The molecular formula is C14H21ClN2OS. The Morgan fingerprint density at radius 1 is 1.37 bits per heavy atom. The summed E-state index contributed by atoms with van der Waals surface area (Å²) in [4.78, 5) is 2.44. The molecule has 1 aliphatic heterocycles. The van der Waals surface area contributed by atoms with Crippen molar-refractivity contribution in [3.8, 4) is 0 Å². The molecule has 0 bridgehead atoms. The number of rotatable bonds is 6. The van der Waals surface area contributed by atoms with Gasteiger partial charge in [0.2, 0.25) is 0 Å². The molecule has 0 amide bonds. The first-order chi connectivity index (χ1) is 9.31. The van der Waals surface area contributed by atoms with Crippen molar-refractivity contribution in [3.63, 3.8) is 0 Å². The highest BCUT2D eigenvalue weighted by atomic mass is 35.5. The average Bonchev–Trinajstić information content (AvgIpc) is 2.46. The SMILES string of the molecule is COCCNCc1ccc(Cl)cc1N1CCSCC1. The summed E-state index contributed by atoms with van der Waals surface area (Å²) in [6, 6.07) is 6.18. The first kappa shape index (κ1) is 15.0. The number of ether oxygens (including phenoxy) is 1. The molecule has 1 saturated heterocycles. The molecule has 19 heavy (non-hydrogen) atoms. The van der Waals surface area contributed by atoms with E-state index < -0.39 is 0 Å². The highest BCUT2D eigenvalue weighted by Crippen LogP contribution is 2.27. The third-order valence-corrected chi connectivity index (χ3v) is 4.38. The van der Waals surface area contributed by atoms with E-state index in [0.717, 1.165) is 37.8 Å². The predicted octanol–water partition coefficient (Wildman–Crippen LogP) is 2.63. The maximum atomic E-state index is 6.15. The molecule has 5 heteroatoms. The fourth-order valence-electron chi connectivity index (χ4n) is 2.18. The monoisotopic (exact) mass is 300 g/mol. The zero-order valence-electron chi connectivity index (χ0n) is 11.3. The van der Waals surface area contributed by atoms with Gasteiger partial charge in [-0.15, -0.1) is 0 Å². The minimum atomic E-state index is 0.739. The summed E-state index contributed by atoms with van der Waals surface area (Å²) < 4.78 is 5.05. The van der Waals surface area contributed by atoms with Crippen molar-refractivity contribution in [2.24, 2.45) is 0 Å². The lowest BCUT2D eigenvalue weighted by atomic mass is 10.1. The van der Waals surface area contributed by atoms with Crippen molar-refractivity contribution in [1.29, 1.82) is 0 Å². The summed E-state index contributed by atoms with van der Waals surface area (Å²) in [6.07, 6.45) is 0. The van der Waals surface area contributed by atoms with Crippen LogP contribution in [0.15, 0.2) is 18.2 Å². The maximum absolute atomic E-state index is 6.15. The molecule has 0 atom stereocenters. The van der Waals surface area contributed by atoms with Crippen LogP contribution in [0.5, 0.6) is 0 Å². The van der Waals surface area contributed by atoms with Crippen molar-refractivity contribution in [1.82, 2.24) is 5.32 Å². The second-order valence-corrected chi connectivity index (χ2v) is 6.20. The molecule has 0 aliphatic carbocycles. The Balaban J connectivity index is 2.03. The van der Waals surface area contributed by atoms with Gasteiger partial charge in [0, 0.05) is 55.5 Å². The number of thioether (sulfide) groups is 1. The minimum Gasteiger partial charge on any atom is -0.383 e. The van der Waals surface area contributed by atoms with E-state index in [4.69, 9.17) is 16.3 Å². The third-order valence-electron chi connectivity index (χ3n) is 3.20. The van der Waals surface area contributed by atoms with E-state index in [9.17, 15) is 0 Å². The normalized spacial score (nSPS) is 15.8. The van der Waals surface area contributed by atoms with Crippen LogP contribution in [0.25, 0.3) is 0 Å². The van der Waals surface area contributed by atoms with E-state index in [1.54, 1.807) is 7.11 Å². The van der Waals surface area contributed by atoms with Crippen molar-refractivity contribution in [3.05, 3.63) is 28.8 Å². The highest BCUT2D eigenvalue weighted by molar-refractivity contribution is 7.99. The lowest BCUT2D eigenvalue weighted by molar-refractivity contribution is 0.199. The Morgan fingerprint density at radius 2 is 2.16 bits per heavy atom. The average molecular weight is 301 g/mol. The summed E-state index contributed by atoms with van der Waals surface area (Å²) in [5.41, 5.74) is 2.59. The van der Waals surface area contributed by atoms with Crippen LogP contribution in [-0.4, -0.2) is 44.9 Å². The molecule has 1 N–H and O–H groups in total. The van der Waals surface area contributed by atoms with Crippen LogP contribution in [0.4, 0.5) is 5.69 Å². The van der Waals surface area contributed by atoms with E-state index in [0.29, 0.717) is 0 Å². The quantitative estimate of drug-likeness (QED) is 0.816. The standard InChI is InChI=1S/C14H21ClN2OS/c1-18-7-4-16-11-12-2-3-13(15)10-14(12)17-5-8-19-9-6-17/h2-3,10,16H,4-9,11H2,1H3. The number of nitrogens with zero attached hydrogens (tertiary/aromatic N) is 1. The van der Waals surface area contributed by atoms with Crippen molar-refractivity contribution >= 4 is 29.1 Å². The topological polar surface area (TPSA) is 24.5 Å². The first-order valence-corrected chi connectivity index (χ1v) is 8.15. The molecule has 0 unspecified atom stereocenters. The number of nitrogens with one attached hydrogen (secondary N) is 1.